The number of amides is 8. The minimum absolute atomic E-state index is 0.0465. The number of phenolic OH excluding ortho intramolecular Hbond substituents is 1. The Morgan fingerprint density at radius 3 is 2.00 bits per heavy atom. The molecule has 7 atom stereocenters. The maximum atomic E-state index is 14.1. The zero-order valence-electron chi connectivity index (χ0n) is 34.9. The summed E-state index contributed by atoms with van der Waals surface area (Å²) in [6.07, 6.45) is -0.479. The topological polar surface area (TPSA) is 366 Å². The number of nitrogens with zero attached hydrogens (tertiary/aromatic N) is 1. The number of rotatable bonds is 25. The van der Waals surface area contributed by atoms with Gasteiger partial charge in [0, 0.05) is 25.4 Å². The van der Waals surface area contributed by atoms with E-state index in [1.165, 1.54) is 24.3 Å². The van der Waals surface area contributed by atoms with Crippen molar-refractivity contribution in [2.45, 2.75) is 133 Å². The third-order valence-electron chi connectivity index (χ3n) is 10.4. The Bertz CT molecular complexity index is 1810. The Morgan fingerprint density at radius 1 is 0.823 bits per heavy atom. The first-order valence-electron chi connectivity index (χ1n) is 20.7. The Morgan fingerprint density at radius 2 is 1.42 bits per heavy atom. The summed E-state index contributed by atoms with van der Waals surface area (Å²) in [6, 6.07) is -3.99. The van der Waals surface area contributed by atoms with E-state index in [1.807, 2.05) is 0 Å². The molecule has 3 rings (SSSR count). The van der Waals surface area contributed by atoms with E-state index in [-0.39, 0.29) is 62.6 Å². The molecule has 0 saturated carbocycles. The van der Waals surface area contributed by atoms with Crippen LogP contribution in [0.2, 0.25) is 0 Å². The van der Waals surface area contributed by atoms with Gasteiger partial charge >= 0.3 is 0 Å². The fourth-order valence-corrected chi connectivity index (χ4v) is 7.15. The number of hydrogen-bond acceptors (Lipinski definition) is 13. The maximum Gasteiger partial charge on any atom is 0.245 e. The van der Waals surface area contributed by atoms with Crippen LogP contribution < -0.4 is 53.6 Å². The molecule has 1 aromatic rings. The van der Waals surface area contributed by atoms with E-state index in [0.29, 0.717) is 31.4 Å². The highest BCUT2D eigenvalue weighted by atomic mass is 16.4. The quantitative estimate of drug-likeness (QED) is 0.0414. The molecule has 1 aromatic carbocycles. The molecule has 2 aliphatic rings. The predicted octanol–water partition coefficient (Wildman–Crippen LogP) is -5.76. The summed E-state index contributed by atoms with van der Waals surface area (Å²) in [5.41, 5.74) is 9.60. The fourth-order valence-electron chi connectivity index (χ4n) is 7.15. The van der Waals surface area contributed by atoms with E-state index in [2.05, 4.69) is 37.6 Å². The van der Waals surface area contributed by atoms with Gasteiger partial charge in [0.25, 0.3) is 0 Å². The number of primary amides is 1. The number of nitrogens with two attached hydrogens (primary N) is 1. The lowest BCUT2D eigenvalue weighted by molar-refractivity contribution is -0.368. The lowest BCUT2D eigenvalue weighted by Gasteiger charge is -2.31. The van der Waals surface area contributed by atoms with Gasteiger partial charge in [-0.05, 0) is 81.4 Å². The summed E-state index contributed by atoms with van der Waals surface area (Å²) in [6.45, 7) is 4.16. The molecular weight excluding hydrogens is 814 g/mol. The van der Waals surface area contributed by atoms with Crippen LogP contribution >= 0.6 is 0 Å². The van der Waals surface area contributed by atoms with Crippen molar-refractivity contribution in [2.24, 2.45) is 11.7 Å². The van der Waals surface area contributed by atoms with Gasteiger partial charge < -0.3 is 73.2 Å². The summed E-state index contributed by atoms with van der Waals surface area (Å²) in [4.78, 5) is 130. The number of hydrogen-bond donors (Lipinski definition) is 9. The second kappa shape index (κ2) is 24.2. The van der Waals surface area contributed by atoms with E-state index >= 15 is 0 Å². The fraction of sp³-hybridized carbons (Fsp3) is 0.600. The first-order valence-corrected chi connectivity index (χ1v) is 20.7. The third-order valence-corrected chi connectivity index (χ3v) is 10.4. The largest absolute Gasteiger partial charge is 0.550 e. The first kappa shape index (κ1) is 50.0. The molecule has 0 unspecified atom stereocenters. The molecule has 22 heteroatoms. The van der Waals surface area contributed by atoms with Crippen molar-refractivity contribution < 1.29 is 69.0 Å². The van der Waals surface area contributed by atoms with Crippen LogP contribution in [0, 0.1) is 5.92 Å². The van der Waals surface area contributed by atoms with Gasteiger partial charge in [0.15, 0.2) is 0 Å². The van der Waals surface area contributed by atoms with E-state index in [0.717, 1.165) is 4.90 Å². The number of benzene rings is 1. The Kier molecular flexibility index (Phi) is 19.5. The van der Waals surface area contributed by atoms with E-state index in [4.69, 9.17) is 5.73 Å². The van der Waals surface area contributed by atoms with Crippen LogP contribution in [0.3, 0.4) is 0 Å². The third kappa shape index (κ3) is 15.9. The molecule has 0 aromatic heterocycles. The number of phenols is 1. The monoisotopic (exact) mass is 872 g/mol. The highest BCUT2D eigenvalue weighted by Crippen LogP contribution is 2.20. The second-order valence-electron chi connectivity index (χ2n) is 15.9. The van der Waals surface area contributed by atoms with Crippen LogP contribution in [0.25, 0.3) is 0 Å². The van der Waals surface area contributed by atoms with Gasteiger partial charge in [-0.25, -0.2) is 0 Å². The summed E-state index contributed by atoms with van der Waals surface area (Å²) < 4.78 is 0. The van der Waals surface area contributed by atoms with Crippen molar-refractivity contribution in [3.63, 3.8) is 0 Å². The number of aromatic hydroxyl groups is 1. The van der Waals surface area contributed by atoms with Gasteiger partial charge in [0.05, 0.1) is 25.0 Å². The van der Waals surface area contributed by atoms with Crippen LogP contribution in [-0.4, -0.2) is 125 Å². The number of carboxylic acids is 2. The van der Waals surface area contributed by atoms with Gasteiger partial charge in [-0.2, -0.15) is 0 Å². The van der Waals surface area contributed by atoms with Gasteiger partial charge in [0.1, 0.15) is 42.0 Å². The summed E-state index contributed by atoms with van der Waals surface area (Å²) in [7, 11) is 0. The zero-order chi connectivity index (χ0) is 46.1. The molecule has 62 heavy (non-hydrogen) atoms. The van der Waals surface area contributed by atoms with Crippen molar-refractivity contribution in [3.8, 4) is 5.75 Å². The molecule has 342 valence electrons. The lowest BCUT2D eigenvalue weighted by atomic mass is 10.00. The van der Waals surface area contributed by atoms with Crippen molar-refractivity contribution in [1.82, 2.24) is 36.8 Å². The number of unbranched alkanes of at least 4 members (excludes halogenated alkanes) is 1. The molecule has 12 N–H and O–H groups in total. The molecule has 0 radical (unpaired) electrons. The normalized spacial score (nSPS) is 18.3. The molecule has 2 heterocycles. The molecule has 0 bridgehead atoms. The number of carboxylic acid groups (broad SMARTS) is 2. The molecule has 0 spiro atoms. The highest BCUT2D eigenvalue weighted by Gasteiger charge is 2.37. The highest BCUT2D eigenvalue weighted by molar-refractivity contribution is 5.99. The summed E-state index contributed by atoms with van der Waals surface area (Å²) in [5.74, 6) is -10.1. The van der Waals surface area contributed by atoms with Crippen molar-refractivity contribution in [2.75, 3.05) is 13.1 Å². The minimum Gasteiger partial charge on any atom is -0.550 e. The van der Waals surface area contributed by atoms with E-state index in [9.17, 15) is 63.3 Å². The average molecular weight is 873 g/mol. The molecule has 2 saturated heterocycles. The second-order valence-corrected chi connectivity index (χ2v) is 15.9. The van der Waals surface area contributed by atoms with Crippen LogP contribution in [-0.2, 0) is 54.4 Å². The Labute approximate surface area is 358 Å². The number of nitrogens with one attached hydrogen (secondary N) is 6. The Hall–Kier alpha value is -6.32. The number of likely N-dealkylation sites (tertiary alicyclic amines) is 1. The number of aliphatic carboxylic acids is 2. The Balaban J connectivity index is 1.89. The zero-order valence-corrected chi connectivity index (χ0v) is 34.9. The molecular formula is C40H58N9O13-. The van der Waals surface area contributed by atoms with Crippen LogP contribution in [0.4, 0.5) is 0 Å². The summed E-state index contributed by atoms with van der Waals surface area (Å²) >= 11 is 0. The van der Waals surface area contributed by atoms with Crippen LogP contribution in [0.1, 0.15) is 90.0 Å². The van der Waals surface area contributed by atoms with Gasteiger partial charge in [-0.15, -0.1) is 0 Å². The van der Waals surface area contributed by atoms with Gasteiger partial charge in [-0.3, -0.25) is 38.4 Å². The maximum absolute atomic E-state index is 14.1. The molecule has 22 nitrogen and oxygen atoms in total. The van der Waals surface area contributed by atoms with Gasteiger partial charge in [-0.1, -0.05) is 26.0 Å². The minimum atomic E-state index is -1.77. The average Bonchev–Trinajstić information content (AvgIpc) is 3.88. The number of carbonyl (C=O) groups is 10. The molecule has 0 aliphatic carbocycles. The van der Waals surface area contributed by atoms with Crippen molar-refractivity contribution >= 4 is 59.2 Å². The number of quaternary nitrogens is 1. The number of carbonyl (C=O) groups excluding carboxylic acids is 10. The van der Waals surface area contributed by atoms with E-state index in [1.54, 1.807) is 13.8 Å². The standard InChI is InChI=1S/C40H59N9O13/c1-21(2)18-27(46-34(55)24-12-14-32(52)43-24)36(57)47-28(19-22-8-10-23(50)11-9-22)37(58)44-25(13-15-33(53)54)35(56)48-29(20-31(42)51)38(59)45-26(6-3-4-16-41)39(60)49-17-5-7-30(49)40(61)62/h8-11,21,24-30,50H,3-7,12-20,41H2,1-2H3,(H2,42,51)(H,43,52)(H,44,58)(H,45,59)(H,46,55)(H,47,57)(H,48,56)(H,53,54)(H,61,62)/p-1/t24-,25-,26-,27-,28-,29-,30-/m0/s1. The SMILES string of the molecule is CC(C)C[C@H](NC(=O)[C@@H]1CCC(=O)N1)C(=O)N[C@@H](Cc1ccc(O)cc1)C(=O)N[C@@H](CCC(=O)[O-])C(=O)N[C@@H](CC(N)=O)C(=O)N[C@@H](CCCC[NH3+])C(=O)N1CCC[C@H]1C(=O)[O-]. The van der Waals surface area contributed by atoms with Crippen LogP contribution in [0.15, 0.2) is 24.3 Å². The van der Waals surface area contributed by atoms with E-state index < -0.39 is 115 Å². The van der Waals surface area contributed by atoms with Gasteiger partial charge in [0.2, 0.25) is 47.3 Å². The van der Waals surface area contributed by atoms with Crippen LogP contribution in [0.5, 0.6) is 5.75 Å². The van der Waals surface area contributed by atoms with Crippen molar-refractivity contribution in [3.05, 3.63) is 29.8 Å². The molecule has 8 amide bonds. The smallest absolute Gasteiger partial charge is 0.245 e. The first-order chi connectivity index (χ1) is 29.3. The lowest BCUT2D eigenvalue weighted by Crippen LogP contribution is -2.60. The van der Waals surface area contributed by atoms with Crippen molar-refractivity contribution in [1.29, 1.82) is 0 Å². The molecule has 2 fully saturated rings. The molecule has 2 aliphatic heterocycles. The summed E-state index contributed by atoms with van der Waals surface area (Å²) in [5, 5.41) is 48.1. The predicted molar refractivity (Wildman–Crippen MR) is 211 cm³/mol.